The van der Waals surface area contributed by atoms with Gasteiger partial charge in [-0.1, -0.05) is 12.1 Å². The van der Waals surface area contributed by atoms with Crippen molar-refractivity contribution in [1.82, 2.24) is 15.1 Å². The maximum atomic E-state index is 12.5. The van der Waals surface area contributed by atoms with Crippen molar-refractivity contribution in [3.05, 3.63) is 43.6 Å². The van der Waals surface area contributed by atoms with Crippen LogP contribution in [0.5, 0.6) is 0 Å². The molecule has 3 heterocycles. The van der Waals surface area contributed by atoms with Crippen molar-refractivity contribution in [2.24, 2.45) is 0 Å². The summed E-state index contributed by atoms with van der Waals surface area (Å²) in [5.74, 6) is 0.255. The molecule has 0 bridgehead atoms. The van der Waals surface area contributed by atoms with E-state index < -0.39 is 5.97 Å². The lowest BCUT2D eigenvalue weighted by Crippen LogP contribution is -2.15. The number of esters is 1. The van der Waals surface area contributed by atoms with Crippen LogP contribution >= 0.6 is 11.3 Å². The van der Waals surface area contributed by atoms with Crippen molar-refractivity contribution >= 4 is 27.5 Å². The number of carbonyl (C=O) groups is 1. The van der Waals surface area contributed by atoms with Crippen LogP contribution in [0.3, 0.4) is 0 Å². The van der Waals surface area contributed by atoms with E-state index in [1.165, 1.54) is 4.88 Å². The first-order valence-corrected chi connectivity index (χ1v) is 9.55. The van der Waals surface area contributed by atoms with Crippen LogP contribution in [0.15, 0.2) is 9.32 Å². The third-order valence-corrected chi connectivity index (χ3v) is 5.87. The molecule has 0 radical (unpaired) electrons. The fraction of sp³-hybridized carbons (Fsp3) is 0.444. The molecule has 0 aliphatic heterocycles. The fourth-order valence-electron chi connectivity index (χ4n) is 3.40. The van der Waals surface area contributed by atoms with Crippen molar-refractivity contribution in [2.75, 3.05) is 0 Å². The molecule has 7 nitrogen and oxygen atoms in total. The number of fused-ring (bicyclic) bond motifs is 3. The number of nitrogens with one attached hydrogen (secondary N) is 1. The Morgan fingerprint density at radius 2 is 2.15 bits per heavy atom. The maximum absolute atomic E-state index is 12.5. The summed E-state index contributed by atoms with van der Waals surface area (Å²) < 4.78 is 10.4. The predicted molar refractivity (Wildman–Crippen MR) is 96.6 cm³/mol. The first-order chi connectivity index (χ1) is 12.6. The van der Waals surface area contributed by atoms with Crippen molar-refractivity contribution in [1.29, 1.82) is 0 Å². The molecule has 1 aliphatic rings. The highest BCUT2D eigenvalue weighted by atomic mass is 32.1. The van der Waals surface area contributed by atoms with Gasteiger partial charge in [0.05, 0.1) is 11.1 Å². The Bertz CT molecular complexity index is 1050. The molecule has 0 amide bonds. The summed E-state index contributed by atoms with van der Waals surface area (Å²) in [6.45, 7) is 3.46. The molecule has 8 heteroatoms. The Kier molecular flexibility index (Phi) is 4.36. The van der Waals surface area contributed by atoms with E-state index in [0.29, 0.717) is 34.6 Å². The second-order valence-electron chi connectivity index (χ2n) is 6.39. The van der Waals surface area contributed by atoms with Crippen LogP contribution in [0, 0.1) is 6.92 Å². The van der Waals surface area contributed by atoms with Gasteiger partial charge >= 0.3 is 5.97 Å². The molecule has 0 spiro atoms. The van der Waals surface area contributed by atoms with Gasteiger partial charge in [0.15, 0.2) is 0 Å². The molecule has 0 unspecified atom stereocenters. The van der Waals surface area contributed by atoms with E-state index in [4.69, 9.17) is 9.26 Å². The number of hydrogen-bond acceptors (Lipinski definition) is 7. The van der Waals surface area contributed by atoms with Gasteiger partial charge in [-0.05, 0) is 44.6 Å². The summed E-state index contributed by atoms with van der Waals surface area (Å²) in [5, 5.41) is 4.55. The average Bonchev–Trinajstić information content (AvgIpc) is 3.19. The van der Waals surface area contributed by atoms with Crippen molar-refractivity contribution in [3.63, 3.8) is 0 Å². The number of rotatable bonds is 4. The monoisotopic (exact) mass is 373 g/mol. The fourth-order valence-corrected chi connectivity index (χ4v) is 4.68. The summed E-state index contributed by atoms with van der Waals surface area (Å²) in [7, 11) is 0. The zero-order chi connectivity index (χ0) is 18.3. The van der Waals surface area contributed by atoms with E-state index in [-0.39, 0.29) is 12.2 Å². The first kappa shape index (κ1) is 17.0. The highest BCUT2D eigenvalue weighted by Crippen LogP contribution is 2.33. The van der Waals surface area contributed by atoms with Gasteiger partial charge in [-0.3, -0.25) is 4.79 Å². The minimum absolute atomic E-state index is 0.0969. The van der Waals surface area contributed by atoms with Crippen molar-refractivity contribution in [3.8, 4) is 0 Å². The van der Waals surface area contributed by atoms with Gasteiger partial charge in [0.2, 0.25) is 0 Å². The quantitative estimate of drug-likeness (QED) is 0.706. The Morgan fingerprint density at radius 3 is 2.96 bits per heavy atom. The van der Waals surface area contributed by atoms with Crippen molar-refractivity contribution in [2.45, 2.75) is 52.6 Å². The third-order valence-electron chi connectivity index (χ3n) is 4.69. The Balaban J connectivity index is 1.59. The van der Waals surface area contributed by atoms with Gasteiger partial charge in [-0.2, -0.15) is 0 Å². The second kappa shape index (κ2) is 6.68. The summed E-state index contributed by atoms with van der Waals surface area (Å²) in [6, 6.07) is 0. The molecule has 3 aromatic rings. The van der Waals surface area contributed by atoms with Crippen LogP contribution in [0.4, 0.5) is 0 Å². The highest BCUT2D eigenvalue weighted by molar-refractivity contribution is 7.18. The zero-order valence-corrected chi connectivity index (χ0v) is 15.5. The summed E-state index contributed by atoms with van der Waals surface area (Å²) in [6.07, 6.45) is 4.77. The Labute approximate surface area is 153 Å². The molecular weight excluding hydrogens is 354 g/mol. The first-order valence-electron chi connectivity index (χ1n) is 8.74. The van der Waals surface area contributed by atoms with Gasteiger partial charge < -0.3 is 14.2 Å². The van der Waals surface area contributed by atoms with Crippen LogP contribution in [0.1, 0.15) is 57.8 Å². The number of thiophene rings is 1. The van der Waals surface area contributed by atoms with E-state index in [1.807, 2.05) is 6.92 Å². The molecule has 4 rings (SSSR count). The predicted octanol–water partition coefficient (Wildman–Crippen LogP) is 3.08. The van der Waals surface area contributed by atoms with Crippen LogP contribution in [0.2, 0.25) is 0 Å². The van der Waals surface area contributed by atoms with Gasteiger partial charge in [-0.15, -0.1) is 11.3 Å². The lowest BCUT2D eigenvalue weighted by atomic mass is 9.97. The molecular formula is C18H19N3O4S. The zero-order valence-electron chi connectivity index (χ0n) is 14.7. The van der Waals surface area contributed by atoms with Gasteiger partial charge in [-0.25, -0.2) is 9.78 Å². The van der Waals surface area contributed by atoms with Crippen LogP contribution in [-0.4, -0.2) is 21.1 Å². The molecule has 0 fully saturated rings. The minimum atomic E-state index is -0.520. The number of aryl methyl sites for hydroxylation is 4. The number of carbonyl (C=O) groups excluding carboxylic acids is 1. The average molecular weight is 373 g/mol. The SMILES string of the molecule is CCc1noc(C)c1C(=O)OCc1nc2sc3c(c2c(=O)[nH]1)CCCC3. The van der Waals surface area contributed by atoms with Crippen LogP contribution < -0.4 is 5.56 Å². The van der Waals surface area contributed by atoms with E-state index >= 15 is 0 Å². The molecule has 0 saturated carbocycles. The summed E-state index contributed by atoms with van der Waals surface area (Å²) in [4.78, 5) is 34.1. The maximum Gasteiger partial charge on any atom is 0.344 e. The molecule has 0 aromatic carbocycles. The number of ether oxygens (including phenoxy) is 1. The lowest BCUT2D eigenvalue weighted by Gasteiger charge is -2.09. The van der Waals surface area contributed by atoms with Gasteiger partial charge in [0.25, 0.3) is 5.56 Å². The summed E-state index contributed by atoms with van der Waals surface area (Å²) >= 11 is 1.57. The van der Waals surface area contributed by atoms with Gasteiger partial charge in [0, 0.05) is 4.88 Å². The van der Waals surface area contributed by atoms with Crippen LogP contribution in [-0.2, 0) is 30.6 Å². The molecule has 3 aromatic heterocycles. The molecule has 136 valence electrons. The standard InChI is InChI=1S/C18H19N3O4S/c1-3-11-14(9(2)25-21-11)18(23)24-8-13-19-16(22)15-10-6-4-5-7-12(10)26-17(15)20-13/h3-8H2,1-2H3,(H,19,20,22). The molecule has 0 atom stereocenters. The number of nitrogens with zero attached hydrogens (tertiary/aromatic N) is 2. The van der Waals surface area contributed by atoms with Gasteiger partial charge in [0.1, 0.15) is 28.6 Å². The molecule has 26 heavy (non-hydrogen) atoms. The second-order valence-corrected chi connectivity index (χ2v) is 7.48. The number of H-pyrrole nitrogens is 1. The lowest BCUT2D eigenvalue weighted by molar-refractivity contribution is 0.0459. The topological polar surface area (TPSA) is 98.1 Å². The number of aromatic nitrogens is 3. The largest absolute Gasteiger partial charge is 0.454 e. The van der Waals surface area contributed by atoms with Crippen molar-refractivity contribution < 1.29 is 14.1 Å². The van der Waals surface area contributed by atoms with E-state index in [9.17, 15) is 9.59 Å². The Hall–Kier alpha value is -2.48. The van der Waals surface area contributed by atoms with Crippen LogP contribution in [0.25, 0.3) is 10.2 Å². The normalized spacial score (nSPS) is 13.8. The molecule has 1 N–H and O–H groups in total. The Morgan fingerprint density at radius 1 is 1.35 bits per heavy atom. The van der Waals surface area contributed by atoms with E-state index in [2.05, 4.69) is 15.1 Å². The third kappa shape index (κ3) is 2.84. The highest BCUT2D eigenvalue weighted by Gasteiger charge is 2.22. The van der Waals surface area contributed by atoms with E-state index in [1.54, 1.807) is 18.3 Å². The smallest absolute Gasteiger partial charge is 0.344 e. The summed E-state index contributed by atoms with van der Waals surface area (Å²) in [5.41, 5.74) is 1.90. The minimum Gasteiger partial charge on any atom is -0.454 e. The molecule has 0 saturated heterocycles. The number of aromatic amines is 1. The molecule has 1 aliphatic carbocycles. The van der Waals surface area contributed by atoms with E-state index in [0.717, 1.165) is 36.1 Å². The number of hydrogen-bond donors (Lipinski definition) is 1.